The highest BCUT2D eigenvalue weighted by Crippen LogP contribution is 2.40. The fraction of sp³-hybridized carbons (Fsp3) is 0.600. The third kappa shape index (κ3) is 10.0. The Bertz CT molecular complexity index is 1140. The zero-order valence-corrected chi connectivity index (χ0v) is 26.7. The van der Waals surface area contributed by atoms with E-state index in [0.717, 1.165) is 25.0 Å². The summed E-state index contributed by atoms with van der Waals surface area (Å²) in [5.41, 5.74) is 1.41. The molecule has 2 unspecified atom stereocenters. The number of piperazine rings is 1. The van der Waals surface area contributed by atoms with Crippen LogP contribution in [0.1, 0.15) is 57.6 Å². The normalized spacial score (nSPS) is 21.3. The molecule has 1 saturated carbocycles. The van der Waals surface area contributed by atoms with Crippen molar-refractivity contribution in [2.75, 3.05) is 52.4 Å². The SMILES string of the molecule is CCOC(=O)CCCN1CCN(C/C=C2\CN(C(C(=O)C3CC3)c3ccccc3F)CCC2SC(C)=O)C(=O)C1.Cl.Cl. The van der Waals surface area contributed by atoms with Gasteiger partial charge in [-0.05, 0) is 50.8 Å². The number of benzene rings is 1. The Morgan fingerprint density at radius 3 is 2.48 bits per heavy atom. The second-order valence-electron chi connectivity index (χ2n) is 10.8. The molecule has 4 rings (SSSR count). The van der Waals surface area contributed by atoms with Gasteiger partial charge in [0.1, 0.15) is 5.82 Å². The lowest BCUT2D eigenvalue weighted by atomic mass is 9.93. The molecular weight excluding hydrogens is 604 g/mol. The Balaban J connectivity index is 0.00000308. The number of thioether (sulfide) groups is 1. The van der Waals surface area contributed by atoms with Crippen molar-refractivity contribution in [2.45, 2.75) is 57.2 Å². The molecule has 0 spiro atoms. The summed E-state index contributed by atoms with van der Waals surface area (Å²) in [5, 5.41) is -0.0121. The summed E-state index contributed by atoms with van der Waals surface area (Å²) in [5.74, 6) is -0.521. The van der Waals surface area contributed by atoms with Crippen LogP contribution in [0.25, 0.3) is 0 Å². The lowest BCUT2D eigenvalue weighted by Gasteiger charge is -2.39. The van der Waals surface area contributed by atoms with Crippen molar-refractivity contribution in [3.8, 4) is 0 Å². The van der Waals surface area contributed by atoms with Crippen LogP contribution < -0.4 is 0 Å². The zero-order chi connectivity index (χ0) is 28.6. The number of carbonyl (C=O) groups is 4. The number of ketones is 1. The molecule has 0 radical (unpaired) electrons. The summed E-state index contributed by atoms with van der Waals surface area (Å²) >= 11 is 1.28. The Hall–Kier alpha value is -1.98. The predicted octanol–water partition coefficient (Wildman–Crippen LogP) is 4.46. The third-order valence-electron chi connectivity index (χ3n) is 7.73. The topological polar surface area (TPSA) is 87.2 Å². The van der Waals surface area contributed by atoms with Gasteiger partial charge in [0, 0.05) is 62.8 Å². The molecule has 2 saturated heterocycles. The van der Waals surface area contributed by atoms with Crippen LogP contribution in [-0.4, -0.2) is 95.1 Å². The number of ether oxygens (including phenoxy) is 1. The van der Waals surface area contributed by atoms with Crippen LogP contribution in [0.2, 0.25) is 0 Å². The molecule has 234 valence electrons. The molecule has 1 aromatic rings. The molecule has 8 nitrogen and oxygen atoms in total. The number of amides is 1. The van der Waals surface area contributed by atoms with Gasteiger partial charge in [-0.2, -0.15) is 0 Å². The first-order valence-electron chi connectivity index (χ1n) is 14.3. The van der Waals surface area contributed by atoms with Gasteiger partial charge in [0.25, 0.3) is 0 Å². The number of rotatable bonds is 12. The van der Waals surface area contributed by atoms with Gasteiger partial charge in [-0.15, -0.1) is 24.8 Å². The fourth-order valence-electron chi connectivity index (χ4n) is 5.50. The molecule has 0 bridgehead atoms. The minimum absolute atomic E-state index is 0. The summed E-state index contributed by atoms with van der Waals surface area (Å²) < 4.78 is 19.9. The van der Waals surface area contributed by atoms with E-state index in [1.807, 2.05) is 15.9 Å². The first-order chi connectivity index (χ1) is 19.3. The lowest BCUT2D eigenvalue weighted by molar-refractivity contribution is -0.143. The smallest absolute Gasteiger partial charge is 0.305 e. The fourth-order valence-corrected chi connectivity index (χ4v) is 6.45. The number of likely N-dealkylation sites (tertiary alicyclic amines) is 1. The predicted molar refractivity (Wildman–Crippen MR) is 167 cm³/mol. The van der Waals surface area contributed by atoms with Crippen molar-refractivity contribution < 1.29 is 28.3 Å². The number of esters is 1. The van der Waals surface area contributed by atoms with Gasteiger partial charge in [0.05, 0.1) is 19.2 Å². The van der Waals surface area contributed by atoms with Gasteiger partial charge >= 0.3 is 5.97 Å². The quantitative estimate of drug-likeness (QED) is 0.243. The van der Waals surface area contributed by atoms with Crippen molar-refractivity contribution in [1.82, 2.24) is 14.7 Å². The van der Waals surface area contributed by atoms with Gasteiger partial charge < -0.3 is 9.64 Å². The van der Waals surface area contributed by atoms with Crippen LogP contribution in [0.4, 0.5) is 4.39 Å². The number of piperidine rings is 1. The molecule has 2 heterocycles. The van der Waals surface area contributed by atoms with Crippen molar-refractivity contribution in [3.63, 3.8) is 0 Å². The van der Waals surface area contributed by atoms with E-state index in [2.05, 4.69) is 4.90 Å². The molecule has 2 atom stereocenters. The minimum atomic E-state index is -0.653. The van der Waals surface area contributed by atoms with Crippen LogP contribution >= 0.6 is 36.6 Å². The molecule has 1 aromatic carbocycles. The summed E-state index contributed by atoms with van der Waals surface area (Å²) in [6, 6.07) is 5.85. The molecule has 12 heteroatoms. The molecule has 2 aliphatic heterocycles. The van der Waals surface area contributed by atoms with E-state index in [-0.39, 0.29) is 64.6 Å². The van der Waals surface area contributed by atoms with Crippen LogP contribution in [0.15, 0.2) is 35.9 Å². The van der Waals surface area contributed by atoms with Crippen LogP contribution in [-0.2, 0) is 23.9 Å². The average Bonchev–Trinajstić information content (AvgIpc) is 3.76. The van der Waals surface area contributed by atoms with Gasteiger partial charge in [0.15, 0.2) is 10.9 Å². The summed E-state index contributed by atoms with van der Waals surface area (Å²) in [7, 11) is 0. The molecular formula is C30H42Cl2FN3O5S. The van der Waals surface area contributed by atoms with Gasteiger partial charge in [0.2, 0.25) is 5.91 Å². The summed E-state index contributed by atoms with van der Waals surface area (Å²) in [6.07, 6.45) is 5.39. The van der Waals surface area contributed by atoms with Gasteiger partial charge in [-0.25, -0.2) is 4.39 Å². The number of carbonyl (C=O) groups excluding carboxylic acids is 4. The van der Waals surface area contributed by atoms with Crippen LogP contribution in [0, 0.1) is 11.7 Å². The van der Waals surface area contributed by atoms with E-state index in [9.17, 15) is 23.6 Å². The van der Waals surface area contributed by atoms with Crippen LogP contribution in [0.5, 0.6) is 0 Å². The Morgan fingerprint density at radius 2 is 1.83 bits per heavy atom. The maximum atomic E-state index is 14.9. The number of Topliss-reactive ketones (excluding diaryl/α,β-unsaturated/α-hetero) is 1. The van der Waals surface area contributed by atoms with E-state index in [1.165, 1.54) is 17.8 Å². The second-order valence-corrected chi connectivity index (χ2v) is 12.1. The lowest BCUT2D eigenvalue weighted by Crippen LogP contribution is -2.50. The second kappa shape index (κ2) is 17.3. The van der Waals surface area contributed by atoms with Crippen molar-refractivity contribution >= 4 is 59.4 Å². The molecule has 0 aromatic heterocycles. The molecule has 1 aliphatic carbocycles. The first kappa shape index (κ1) is 36.2. The number of halogens is 3. The van der Waals surface area contributed by atoms with E-state index in [0.29, 0.717) is 70.7 Å². The summed E-state index contributed by atoms with van der Waals surface area (Å²) in [6.45, 7) is 7.43. The Labute approximate surface area is 264 Å². The number of hydrogen-bond donors (Lipinski definition) is 0. The largest absolute Gasteiger partial charge is 0.466 e. The van der Waals surface area contributed by atoms with Crippen molar-refractivity contribution in [1.29, 1.82) is 0 Å². The molecule has 3 fully saturated rings. The van der Waals surface area contributed by atoms with Crippen LogP contribution in [0.3, 0.4) is 0 Å². The van der Waals surface area contributed by atoms with Crippen molar-refractivity contribution in [3.05, 3.63) is 47.3 Å². The van der Waals surface area contributed by atoms with E-state index in [4.69, 9.17) is 4.74 Å². The molecule has 1 amide bonds. The maximum Gasteiger partial charge on any atom is 0.305 e. The first-order valence-corrected chi connectivity index (χ1v) is 15.2. The summed E-state index contributed by atoms with van der Waals surface area (Å²) in [4.78, 5) is 55.8. The van der Waals surface area contributed by atoms with E-state index >= 15 is 0 Å². The average molecular weight is 647 g/mol. The highest BCUT2D eigenvalue weighted by atomic mass is 35.5. The third-order valence-corrected chi connectivity index (χ3v) is 8.89. The minimum Gasteiger partial charge on any atom is -0.466 e. The Kier molecular flexibility index (Phi) is 15.0. The van der Waals surface area contributed by atoms with Crippen molar-refractivity contribution in [2.24, 2.45) is 5.92 Å². The standard InChI is InChI=1S/C30H40FN3O5S.2ClH/c1-3-39-28(37)9-6-14-32-17-18-33(27(36)20-32)15-12-23-19-34(16-13-26(23)40-21(2)35)29(30(38)22-10-11-22)24-7-4-5-8-25(24)31;;/h4-5,7-8,12,22,26,29H,3,6,9-11,13-20H2,1-2H3;2*1H/b23-12+;;. The van der Waals surface area contributed by atoms with E-state index in [1.54, 1.807) is 32.0 Å². The van der Waals surface area contributed by atoms with E-state index < -0.39 is 6.04 Å². The maximum absolute atomic E-state index is 14.9. The highest BCUT2D eigenvalue weighted by Gasteiger charge is 2.41. The zero-order valence-electron chi connectivity index (χ0n) is 24.3. The Morgan fingerprint density at radius 1 is 1.10 bits per heavy atom. The molecule has 3 aliphatic rings. The molecule has 0 N–H and O–H groups in total. The van der Waals surface area contributed by atoms with Gasteiger partial charge in [-0.3, -0.25) is 29.0 Å². The number of nitrogens with zero attached hydrogens (tertiary/aromatic N) is 3. The number of hydrogen-bond acceptors (Lipinski definition) is 8. The van der Waals surface area contributed by atoms with Gasteiger partial charge in [-0.1, -0.05) is 36.0 Å². The highest BCUT2D eigenvalue weighted by molar-refractivity contribution is 8.14. The molecule has 42 heavy (non-hydrogen) atoms. The monoisotopic (exact) mass is 645 g/mol.